The molecule has 8 nitrogen and oxygen atoms in total. The van der Waals surface area contributed by atoms with Crippen LogP contribution in [0.3, 0.4) is 0 Å². The van der Waals surface area contributed by atoms with Gasteiger partial charge in [-0.05, 0) is 71.7 Å². The van der Waals surface area contributed by atoms with Crippen molar-refractivity contribution in [3.63, 3.8) is 0 Å². The van der Waals surface area contributed by atoms with E-state index in [1.54, 1.807) is 17.9 Å². The molecule has 3 aliphatic rings. The molecular weight excluding hydrogens is 494 g/mol. The Labute approximate surface area is 222 Å². The minimum Gasteiger partial charge on any atom is -0.496 e. The van der Waals surface area contributed by atoms with Gasteiger partial charge in [-0.25, -0.2) is 0 Å². The fourth-order valence-corrected chi connectivity index (χ4v) is 6.48. The summed E-state index contributed by atoms with van der Waals surface area (Å²) in [5.41, 5.74) is 2.94. The van der Waals surface area contributed by atoms with Gasteiger partial charge in [0.1, 0.15) is 5.75 Å². The van der Waals surface area contributed by atoms with Crippen molar-refractivity contribution in [2.75, 3.05) is 27.7 Å². The molecule has 1 fully saturated rings. The van der Waals surface area contributed by atoms with E-state index < -0.39 is 5.79 Å². The summed E-state index contributed by atoms with van der Waals surface area (Å²) >= 11 is 6.88. The van der Waals surface area contributed by atoms with Crippen molar-refractivity contribution < 1.29 is 19.0 Å². The Hall–Kier alpha value is -2.71. The predicted molar refractivity (Wildman–Crippen MR) is 142 cm³/mol. The number of fused-ring (bicyclic) bond motifs is 2. The van der Waals surface area contributed by atoms with Gasteiger partial charge < -0.3 is 29.0 Å². The van der Waals surface area contributed by atoms with Crippen LogP contribution >= 0.6 is 11.6 Å². The van der Waals surface area contributed by atoms with Crippen molar-refractivity contribution in [2.24, 2.45) is 5.92 Å². The van der Waals surface area contributed by atoms with E-state index in [9.17, 15) is 9.59 Å². The summed E-state index contributed by atoms with van der Waals surface area (Å²) in [6, 6.07) is 2.34. The highest BCUT2D eigenvalue weighted by atomic mass is 35.5. The SMILES string of the molecule is COc1cc(C)[nH]c(=O)c1CN1CCc2c(Cl)c3c(c(C)c2C1=O)OC(C)(C1CCC(N(C)C)CC1)O3. The molecule has 1 aliphatic carbocycles. The second-order valence-corrected chi connectivity index (χ2v) is 11.3. The molecule has 0 saturated heterocycles. The van der Waals surface area contributed by atoms with Crippen LogP contribution in [0.5, 0.6) is 17.2 Å². The summed E-state index contributed by atoms with van der Waals surface area (Å²) in [7, 11) is 5.79. The van der Waals surface area contributed by atoms with E-state index in [4.69, 9.17) is 25.8 Å². The second-order valence-electron chi connectivity index (χ2n) is 10.9. The van der Waals surface area contributed by atoms with Gasteiger partial charge in [0.25, 0.3) is 17.3 Å². The number of pyridine rings is 1. The van der Waals surface area contributed by atoms with E-state index in [1.165, 1.54) is 7.11 Å². The Balaban J connectivity index is 1.43. The Morgan fingerprint density at radius 1 is 1.16 bits per heavy atom. The zero-order chi connectivity index (χ0) is 26.6. The molecule has 1 aromatic heterocycles. The lowest BCUT2D eigenvalue weighted by molar-refractivity contribution is -0.123. The van der Waals surface area contributed by atoms with Crippen LogP contribution in [0.1, 0.15) is 65.3 Å². The van der Waals surface area contributed by atoms with Crippen molar-refractivity contribution in [1.82, 2.24) is 14.8 Å². The normalized spacial score (nSPS) is 25.0. The van der Waals surface area contributed by atoms with Crippen LogP contribution in [-0.2, 0) is 13.0 Å². The molecule has 1 saturated carbocycles. The number of aromatic amines is 1. The molecule has 9 heteroatoms. The summed E-state index contributed by atoms with van der Waals surface area (Å²) in [4.78, 5) is 33.2. The second kappa shape index (κ2) is 9.55. The van der Waals surface area contributed by atoms with Crippen LogP contribution in [0.25, 0.3) is 0 Å². The summed E-state index contributed by atoms with van der Waals surface area (Å²) in [5, 5.41) is 0.458. The number of aryl methyl sites for hydroxylation is 1. The fraction of sp³-hybridized carbons (Fsp3) is 0.571. The van der Waals surface area contributed by atoms with Crippen LogP contribution < -0.4 is 19.8 Å². The van der Waals surface area contributed by atoms with Gasteiger partial charge in [-0.1, -0.05) is 11.6 Å². The standard InChI is InChI=1S/C28H36ClN3O5/c1-15-13-21(35-6)20(26(33)30-15)14-32-12-11-19-22(27(32)34)16(2)24-25(23(19)29)37-28(3,36-24)17-7-9-18(10-8-17)31(4)5/h13,17-18H,7-12,14H2,1-6H3,(H,30,33). The number of amides is 1. The lowest BCUT2D eigenvalue weighted by Crippen LogP contribution is -2.46. The smallest absolute Gasteiger partial charge is 0.256 e. The summed E-state index contributed by atoms with van der Waals surface area (Å²) in [6.07, 6.45) is 4.75. The maximum atomic E-state index is 13.7. The third-order valence-electron chi connectivity index (χ3n) is 8.40. The van der Waals surface area contributed by atoms with Crippen molar-refractivity contribution in [3.05, 3.63) is 49.4 Å². The van der Waals surface area contributed by atoms with Gasteiger partial charge in [0.2, 0.25) is 0 Å². The fourth-order valence-electron chi connectivity index (χ4n) is 6.17. The largest absolute Gasteiger partial charge is 0.496 e. The van der Waals surface area contributed by atoms with E-state index >= 15 is 0 Å². The molecule has 1 N–H and O–H groups in total. The average molecular weight is 530 g/mol. The molecule has 200 valence electrons. The molecule has 1 unspecified atom stereocenters. The number of ether oxygens (including phenoxy) is 3. The van der Waals surface area contributed by atoms with Crippen LogP contribution in [0.4, 0.5) is 0 Å². The Morgan fingerprint density at radius 2 is 1.84 bits per heavy atom. The maximum Gasteiger partial charge on any atom is 0.256 e. The van der Waals surface area contributed by atoms with E-state index in [1.807, 2.05) is 13.8 Å². The topological polar surface area (TPSA) is 84.1 Å². The molecule has 1 amide bonds. The number of methoxy groups -OCH3 is 1. The Kier molecular flexibility index (Phi) is 6.69. The molecule has 5 rings (SSSR count). The number of nitrogens with one attached hydrogen (secondary N) is 1. The maximum absolute atomic E-state index is 13.7. The molecule has 2 aromatic rings. The zero-order valence-corrected chi connectivity index (χ0v) is 23.3. The van der Waals surface area contributed by atoms with Crippen LogP contribution in [0, 0.1) is 19.8 Å². The summed E-state index contributed by atoms with van der Waals surface area (Å²) in [6.45, 7) is 6.27. The third-order valence-corrected chi connectivity index (χ3v) is 8.80. The quantitative estimate of drug-likeness (QED) is 0.615. The van der Waals surface area contributed by atoms with Crippen molar-refractivity contribution in [2.45, 2.75) is 71.2 Å². The number of halogens is 1. The number of benzene rings is 1. The van der Waals surface area contributed by atoms with Gasteiger partial charge in [-0.2, -0.15) is 0 Å². The van der Waals surface area contributed by atoms with Crippen LogP contribution in [0.15, 0.2) is 10.9 Å². The van der Waals surface area contributed by atoms with Gasteiger partial charge in [0.15, 0.2) is 11.5 Å². The van der Waals surface area contributed by atoms with Crippen LogP contribution in [0.2, 0.25) is 5.02 Å². The number of hydrogen-bond acceptors (Lipinski definition) is 6. The zero-order valence-electron chi connectivity index (χ0n) is 22.5. The number of carbonyl (C=O) groups excluding carboxylic acids is 1. The van der Waals surface area contributed by atoms with E-state index in [2.05, 4.69) is 24.0 Å². The highest BCUT2D eigenvalue weighted by Crippen LogP contribution is 2.54. The van der Waals surface area contributed by atoms with E-state index in [0.717, 1.165) is 36.8 Å². The van der Waals surface area contributed by atoms with Gasteiger partial charge in [-0.15, -0.1) is 0 Å². The minimum atomic E-state index is -0.816. The summed E-state index contributed by atoms with van der Waals surface area (Å²) < 4.78 is 18.4. The first-order valence-electron chi connectivity index (χ1n) is 13.0. The van der Waals surface area contributed by atoms with E-state index in [0.29, 0.717) is 58.1 Å². The highest BCUT2D eigenvalue weighted by molar-refractivity contribution is 6.34. The van der Waals surface area contributed by atoms with Crippen molar-refractivity contribution in [1.29, 1.82) is 0 Å². The predicted octanol–water partition coefficient (Wildman–Crippen LogP) is 4.46. The van der Waals surface area contributed by atoms with E-state index in [-0.39, 0.29) is 23.9 Å². The van der Waals surface area contributed by atoms with Gasteiger partial charge in [0, 0.05) is 36.7 Å². The molecule has 0 radical (unpaired) electrons. The van der Waals surface area contributed by atoms with Crippen molar-refractivity contribution >= 4 is 17.5 Å². The lowest BCUT2D eigenvalue weighted by atomic mass is 9.81. The minimum absolute atomic E-state index is 0.148. The molecular formula is C28H36ClN3O5. The molecule has 1 atom stereocenters. The first-order chi connectivity index (χ1) is 17.5. The molecule has 37 heavy (non-hydrogen) atoms. The van der Waals surface area contributed by atoms with Crippen LogP contribution in [-0.4, -0.2) is 60.3 Å². The molecule has 0 spiro atoms. The number of rotatable bonds is 5. The number of hydrogen-bond donors (Lipinski definition) is 1. The lowest BCUT2D eigenvalue weighted by Gasteiger charge is -2.39. The number of carbonyl (C=O) groups is 1. The van der Waals surface area contributed by atoms with Gasteiger partial charge in [0.05, 0.1) is 29.8 Å². The van der Waals surface area contributed by atoms with Crippen molar-refractivity contribution in [3.8, 4) is 17.2 Å². The third kappa shape index (κ3) is 4.38. The molecule has 2 aliphatic heterocycles. The molecule has 0 bridgehead atoms. The number of nitrogens with zero attached hydrogens (tertiary/aromatic N) is 2. The van der Waals surface area contributed by atoms with Gasteiger partial charge in [-0.3, -0.25) is 9.59 Å². The molecule has 1 aromatic carbocycles. The number of aromatic nitrogens is 1. The first kappa shape index (κ1) is 25.9. The highest BCUT2D eigenvalue weighted by Gasteiger charge is 2.48. The first-order valence-corrected chi connectivity index (χ1v) is 13.4. The Bertz CT molecular complexity index is 1300. The monoisotopic (exact) mass is 529 g/mol. The molecule has 3 heterocycles. The Morgan fingerprint density at radius 3 is 2.49 bits per heavy atom. The summed E-state index contributed by atoms with van der Waals surface area (Å²) in [5.74, 6) is 0.823. The van der Waals surface area contributed by atoms with Gasteiger partial charge >= 0.3 is 0 Å². The number of H-pyrrole nitrogens is 1. The average Bonchev–Trinajstić information content (AvgIpc) is 3.24.